The predicted octanol–water partition coefficient (Wildman–Crippen LogP) is 3.63. The molecule has 0 aliphatic carbocycles. The Morgan fingerprint density at radius 2 is 1.50 bits per heavy atom. The standard InChI is InChI=1S/C11H22O2S4Te/c1-8(12-14)4-16-10-3-11(7-18-6-10)17-5-9(2)13-15/h8-11,14-15H,3-7H2,1-2H3. The molecule has 4 unspecified atom stereocenters. The van der Waals surface area contributed by atoms with Crippen LogP contribution in [0.2, 0.25) is 8.94 Å². The summed E-state index contributed by atoms with van der Waals surface area (Å²) in [7, 11) is 0. The molecule has 1 fully saturated rings. The molecule has 1 aliphatic heterocycles. The van der Waals surface area contributed by atoms with Crippen molar-refractivity contribution in [2.24, 2.45) is 0 Å². The van der Waals surface area contributed by atoms with Gasteiger partial charge in [0.25, 0.3) is 0 Å². The molecule has 0 N–H and O–H groups in total. The molecule has 0 spiro atoms. The number of hydrogen-bond donors (Lipinski definition) is 2. The second-order valence-electron chi connectivity index (χ2n) is 4.52. The Hall–Kier alpha value is 2.11. The van der Waals surface area contributed by atoms with Gasteiger partial charge in [0.15, 0.2) is 0 Å². The van der Waals surface area contributed by atoms with Gasteiger partial charge in [-0.05, 0) is 0 Å². The van der Waals surface area contributed by atoms with Gasteiger partial charge < -0.3 is 0 Å². The van der Waals surface area contributed by atoms with Gasteiger partial charge in [0.1, 0.15) is 0 Å². The fourth-order valence-electron chi connectivity index (χ4n) is 1.60. The van der Waals surface area contributed by atoms with E-state index in [-0.39, 0.29) is 33.1 Å². The average Bonchev–Trinajstić information content (AvgIpc) is 2.42. The summed E-state index contributed by atoms with van der Waals surface area (Å²) in [6.07, 6.45) is 1.85. The molecule has 0 radical (unpaired) electrons. The van der Waals surface area contributed by atoms with Gasteiger partial charge >= 0.3 is 142 Å². The quantitative estimate of drug-likeness (QED) is 0.340. The Morgan fingerprint density at radius 1 is 1.06 bits per heavy atom. The van der Waals surface area contributed by atoms with E-state index in [9.17, 15) is 0 Å². The van der Waals surface area contributed by atoms with E-state index in [2.05, 4.69) is 63.2 Å². The average molecular weight is 442 g/mol. The van der Waals surface area contributed by atoms with Crippen LogP contribution >= 0.6 is 49.3 Å². The van der Waals surface area contributed by atoms with Crippen molar-refractivity contribution in [3.63, 3.8) is 0 Å². The van der Waals surface area contributed by atoms with E-state index in [1.165, 1.54) is 15.4 Å². The van der Waals surface area contributed by atoms with Crippen molar-refractivity contribution >= 4 is 70.3 Å². The topological polar surface area (TPSA) is 18.5 Å². The molecule has 1 heterocycles. The molecule has 0 amide bonds. The van der Waals surface area contributed by atoms with Crippen LogP contribution in [0.3, 0.4) is 0 Å². The van der Waals surface area contributed by atoms with Gasteiger partial charge in [-0.15, -0.1) is 0 Å². The Morgan fingerprint density at radius 3 is 1.89 bits per heavy atom. The van der Waals surface area contributed by atoms with E-state index in [4.69, 9.17) is 8.37 Å². The van der Waals surface area contributed by atoms with E-state index < -0.39 is 0 Å². The van der Waals surface area contributed by atoms with Gasteiger partial charge in [-0.25, -0.2) is 0 Å². The summed E-state index contributed by atoms with van der Waals surface area (Å²) in [6, 6.07) is 0. The van der Waals surface area contributed by atoms with Crippen molar-refractivity contribution in [3.8, 4) is 0 Å². The fourth-order valence-corrected chi connectivity index (χ4v) is 9.83. The molecule has 0 aromatic heterocycles. The molecule has 2 nitrogen and oxygen atoms in total. The molecule has 0 aromatic rings. The Labute approximate surface area is 141 Å². The molecule has 0 bridgehead atoms. The summed E-state index contributed by atoms with van der Waals surface area (Å²) in [6.45, 7) is 4.16. The Kier molecular flexibility index (Phi) is 10.9. The van der Waals surface area contributed by atoms with Gasteiger partial charge in [0.05, 0.1) is 0 Å². The zero-order chi connectivity index (χ0) is 13.4. The first-order chi connectivity index (χ1) is 8.65. The third-order valence-electron chi connectivity index (χ3n) is 2.63. The van der Waals surface area contributed by atoms with Crippen LogP contribution in [-0.2, 0) is 8.37 Å². The molecule has 1 aliphatic rings. The number of thioether (sulfide) groups is 2. The van der Waals surface area contributed by atoms with Gasteiger partial charge in [-0.3, -0.25) is 0 Å². The van der Waals surface area contributed by atoms with Gasteiger partial charge in [-0.2, -0.15) is 0 Å². The fraction of sp³-hybridized carbons (Fsp3) is 1.00. The summed E-state index contributed by atoms with van der Waals surface area (Å²) in [5, 5.41) is 1.69. The van der Waals surface area contributed by atoms with Crippen molar-refractivity contribution in [3.05, 3.63) is 0 Å². The monoisotopic (exact) mass is 444 g/mol. The number of thiol groups is 2. The molecule has 4 atom stereocenters. The summed E-state index contributed by atoms with van der Waals surface area (Å²) < 4.78 is 13.0. The van der Waals surface area contributed by atoms with E-state index in [1.807, 2.05) is 0 Å². The Bertz CT molecular complexity index is 203. The van der Waals surface area contributed by atoms with E-state index in [0.29, 0.717) is 0 Å². The van der Waals surface area contributed by atoms with Crippen molar-refractivity contribution in [2.75, 3.05) is 11.5 Å². The molecular formula is C11H22O2S4Te. The molecule has 0 saturated carbocycles. The second-order valence-corrected chi connectivity index (χ2v) is 10.7. The van der Waals surface area contributed by atoms with Crippen LogP contribution in [0.5, 0.6) is 0 Å². The summed E-state index contributed by atoms with van der Waals surface area (Å²) >= 11 is 12.1. The molecular weight excluding hydrogens is 420 g/mol. The maximum absolute atomic E-state index is 5.02. The normalized spacial score (nSPS) is 28.0. The van der Waals surface area contributed by atoms with Crippen LogP contribution in [0, 0.1) is 0 Å². The van der Waals surface area contributed by atoms with Gasteiger partial charge in [0, 0.05) is 0 Å². The maximum atomic E-state index is 5.02. The van der Waals surface area contributed by atoms with Gasteiger partial charge in [-0.1, -0.05) is 0 Å². The molecule has 0 aromatic carbocycles. The van der Waals surface area contributed by atoms with Crippen molar-refractivity contribution in [2.45, 2.75) is 51.9 Å². The van der Waals surface area contributed by atoms with Crippen LogP contribution in [0.1, 0.15) is 20.3 Å². The second kappa shape index (κ2) is 10.8. The molecule has 1 rings (SSSR count). The molecule has 7 heteroatoms. The predicted molar refractivity (Wildman–Crippen MR) is 91.5 cm³/mol. The molecule has 108 valence electrons. The first-order valence-corrected chi connectivity index (χ1v) is 12.2. The molecule has 18 heavy (non-hydrogen) atoms. The first kappa shape index (κ1) is 18.2. The zero-order valence-electron chi connectivity index (χ0n) is 10.8. The minimum absolute atomic E-state index is 0.227. The Balaban J connectivity index is 2.19. The van der Waals surface area contributed by atoms with Crippen LogP contribution in [0.4, 0.5) is 0 Å². The third kappa shape index (κ3) is 7.78. The van der Waals surface area contributed by atoms with Crippen molar-refractivity contribution < 1.29 is 8.37 Å². The molecule has 1 saturated heterocycles. The zero-order valence-corrected chi connectivity index (χ0v) is 16.5. The van der Waals surface area contributed by atoms with Crippen LogP contribution in [-0.4, -0.2) is 55.1 Å². The van der Waals surface area contributed by atoms with Gasteiger partial charge in [0.2, 0.25) is 0 Å². The van der Waals surface area contributed by atoms with E-state index in [0.717, 1.165) is 22.0 Å². The van der Waals surface area contributed by atoms with Crippen molar-refractivity contribution in [1.29, 1.82) is 0 Å². The van der Waals surface area contributed by atoms with E-state index in [1.54, 1.807) is 0 Å². The summed E-state index contributed by atoms with van der Waals surface area (Å²) in [4.78, 5) is 0. The summed E-state index contributed by atoms with van der Waals surface area (Å²) in [5.41, 5.74) is 0. The SMILES string of the molecule is CC(CSC1C[Te]CC(SCC(C)OS)C1)OS. The number of rotatable bonds is 8. The van der Waals surface area contributed by atoms with E-state index >= 15 is 0 Å². The van der Waals surface area contributed by atoms with Crippen molar-refractivity contribution in [1.82, 2.24) is 0 Å². The van der Waals surface area contributed by atoms with Crippen LogP contribution in [0.25, 0.3) is 0 Å². The number of hydrogen-bond acceptors (Lipinski definition) is 6. The first-order valence-electron chi connectivity index (χ1n) is 6.07. The van der Waals surface area contributed by atoms with Crippen LogP contribution in [0.15, 0.2) is 0 Å². The minimum atomic E-state index is 0.227. The summed E-state index contributed by atoms with van der Waals surface area (Å²) in [5.74, 6) is 2.13. The third-order valence-corrected chi connectivity index (χ3v) is 11.3. The van der Waals surface area contributed by atoms with Crippen LogP contribution < -0.4 is 0 Å².